The number of rotatable bonds is 5. The first-order valence-corrected chi connectivity index (χ1v) is 12.3. The zero-order chi connectivity index (χ0) is 25.7. The van der Waals surface area contributed by atoms with Crippen molar-refractivity contribution >= 4 is 81.2 Å². The van der Waals surface area contributed by atoms with Crippen LogP contribution in [0.3, 0.4) is 0 Å². The van der Waals surface area contributed by atoms with E-state index in [1.54, 1.807) is 38.1 Å². The number of halogens is 6. The van der Waals surface area contributed by atoms with E-state index in [4.69, 9.17) is 58.0 Å². The molecule has 35 heavy (non-hydrogen) atoms. The first kappa shape index (κ1) is 26.1. The van der Waals surface area contributed by atoms with Gasteiger partial charge in [0.15, 0.2) is 0 Å². The summed E-state index contributed by atoms with van der Waals surface area (Å²) in [5, 5.41) is 6.43. The normalized spacial score (nSPS) is 18.2. The number of carbonyl (C=O) groups excluding carboxylic acids is 2. The molecule has 0 aliphatic heterocycles. The lowest BCUT2D eigenvalue weighted by atomic mass is 10.1. The molecule has 2 atom stereocenters. The molecule has 0 aromatic heterocycles. The summed E-state index contributed by atoms with van der Waals surface area (Å²) in [6.07, 6.45) is 0. The van der Waals surface area contributed by atoms with E-state index in [2.05, 4.69) is 10.6 Å². The van der Waals surface area contributed by atoms with E-state index in [1.165, 1.54) is 24.3 Å². The van der Waals surface area contributed by atoms with Crippen molar-refractivity contribution in [3.63, 3.8) is 0 Å². The summed E-state index contributed by atoms with van der Waals surface area (Å²) in [6, 6.07) is 12.4. The van der Waals surface area contributed by atoms with Crippen LogP contribution >= 0.6 is 58.0 Å². The van der Waals surface area contributed by atoms with Crippen molar-refractivity contribution in [3.8, 4) is 0 Å². The number of nitrogens with one attached hydrogen (secondary N) is 2. The van der Waals surface area contributed by atoms with Crippen LogP contribution in [0.15, 0.2) is 48.5 Å². The predicted octanol–water partition coefficient (Wildman–Crippen LogP) is 8.18. The quantitative estimate of drug-likeness (QED) is 0.302. The molecule has 0 heterocycles. The van der Waals surface area contributed by atoms with Gasteiger partial charge in [-0.15, -0.1) is 23.2 Å². The first-order chi connectivity index (χ1) is 16.4. The van der Waals surface area contributed by atoms with E-state index in [0.29, 0.717) is 38.1 Å². The van der Waals surface area contributed by atoms with Gasteiger partial charge in [-0.25, -0.2) is 4.39 Å². The minimum Gasteiger partial charge on any atom is -0.326 e. The maximum atomic E-state index is 13.9. The molecular weight excluding hydrogens is 557 g/mol. The van der Waals surface area contributed by atoms with Crippen molar-refractivity contribution < 1.29 is 14.0 Å². The summed E-state index contributed by atoms with van der Waals surface area (Å²) in [4.78, 5) is 25.9. The molecule has 10 heteroatoms. The number of benzene rings is 3. The Balaban J connectivity index is 1.52. The third kappa shape index (κ3) is 5.40. The van der Waals surface area contributed by atoms with Gasteiger partial charge in [0.1, 0.15) is 10.2 Å². The van der Waals surface area contributed by atoms with Crippen LogP contribution in [0.4, 0.5) is 15.8 Å². The van der Waals surface area contributed by atoms with Crippen LogP contribution in [0, 0.1) is 25.6 Å². The molecule has 1 aliphatic carbocycles. The van der Waals surface area contributed by atoms with Crippen molar-refractivity contribution in [2.45, 2.75) is 24.1 Å². The Labute approximate surface area is 226 Å². The Kier molecular flexibility index (Phi) is 7.29. The lowest BCUT2D eigenvalue weighted by molar-refractivity contribution is -0.117. The molecule has 2 N–H and O–H groups in total. The third-order valence-corrected chi connectivity index (χ3v) is 7.46. The van der Waals surface area contributed by atoms with Crippen LogP contribution < -0.4 is 10.6 Å². The van der Waals surface area contributed by atoms with Crippen LogP contribution in [0.25, 0.3) is 0 Å². The summed E-state index contributed by atoms with van der Waals surface area (Å²) >= 11 is 31.2. The second-order valence-corrected chi connectivity index (χ2v) is 11.1. The summed E-state index contributed by atoms with van der Waals surface area (Å²) in [6.45, 7) is 3.22. The van der Waals surface area contributed by atoms with E-state index in [1.807, 2.05) is 0 Å². The third-order valence-electron chi connectivity index (χ3n) is 5.75. The highest BCUT2D eigenvalue weighted by atomic mass is 35.5. The van der Waals surface area contributed by atoms with E-state index >= 15 is 0 Å². The SMILES string of the molecule is Cc1cc(NC(=O)c2cc(NC(=O)[C@H]3[C@H](c4cc(Cl)cc(Cl)c4)C3(Cl)Cl)ccc2Cl)cc(C)c1F. The second-order valence-electron chi connectivity index (χ2n) is 8.39. The Morgan fingerprint density at radius 3 is 2.06 bits per heavy atom. The molecule has 0 spiro atoms. The molecule has 3 aromatic carbocycles. The largest absolute Gasteiger partial charge is 0.326 e. The van der Waals surface area contributed by atoms with Crippen molar-refractivity contribution in [2.75, 3.05) is 10.6 Å². The number of aryl methyl sites for hydroxylation is 2. The van der Waals surface area contributed by atoms with Crippen molar-refractivity contribution in [1.82, 2.24) is 0 Å². The highest BCUT2D eigenvalue weighted by Crippen LogP contribution is 2.65. The molecule has 0 saturated heterocycles. The number of hydrogen-bond acceptors (Lipinski definition) is 2. The van der Waals surface area contributed by atoms with Gasteiger partial charge in [0, 0.05) is 27.3 Å². The molecule has 0 unspecified atom stereocenters. The van der Waals surface area contributed by atoms with E-state index in [9.17, 15) is 14.0 Å². The molecule has 182 valence electrons. The monoisotopic (exact) mass is 572 g/mol. The molecule has 1 saturated carbocycles. The predicted molar refractivity (Wildman–Crippen MR) is 141 cm³/mol. The van der Waals surface area contributed by atoms with Gasteiger partial charge in [0.2, 0.25) is 5.91 Å². The van der Waals surface area contributed by atoms with E-state index in [0.717, 1.165) is 0 Å². The minimum absolute atomic E-state index is 0.126. The lowest BCUT2D eigenvalue weighted by Crippen LogP contribution is -2.18. The summed E-state index contributed by atoms with van der Waals surface area (Å²) in [5.41, 5.74) is 2.33. The zero-order valence-electron chi connectivity index (χ0n) is 18.4. The fourth-order valence-corrected chi connectivity index (χ4v) is 5.61. The minimum atomic E-state index is -1.34. The van der Waals surface area contributed by atoms with Gasteiger partial charge in [-0.3, -0.25) is 9.59 Å². The molecule has 4 rings (SSSR count). The van der Waals surface area contributed by atoms with E-state index in [-0.39, 0.29) is 16.4 Å². The molecule has 2 amide bonds. The number of hydrogen-bond donors (Lipinski definition) is 2. The van der Waals surface area contributed by atoms with Crippen LogP contribution in [-0.2, 0) is 4.79 Å². The number of carbonyl (C=O) groups is 2. The van der Waals surface area contributed by atoms with Crippen molar-refractivity contribution in [2.24, 2.45) is 5.92 Å². The highest BCUT2D eigenvalue weighted by molar-refractivity contribution is 6.53. The fourth-order valence-electron chi connectivity index (χ4n) is 4.04. The molecule has 3 aromatic rings. The Morgan fingerprint density at radius 2 is 1.46 bits per heavy atom. The van der Waals surface area contributed by atoms with Gasteiger partial charge in [-0.05, 0) is 79.1 Å². The van der Waals surface area contributed by atoms with Crippen molar-refractivity contribution in [3.05, 3.63) is 91.7 Å². The number of amides is 2. The van der Waals surface area contributed by atoms with Gasteiger partial charge in [0.25, 0.3) is 5.91 Å². The smallest absolute Gasteiger partial charge is 0.257 e. The summed E-state index contributed by atoms with van der Waals surface area (Å²) < 4.78 is 12.6. The van der Waals surface area contributed by atoms with Gasteiger partial charge < -0.3 is 10.6 Å². The highest BCUT2D eigenvalue weighted by Gasteiger charge is 2.67. The molecular formula is C25H18Cl5FN2O2. The van der Waals surface area contributed by atoms with Crippen LogP contribution in [0.5, 0.6) is 0 Å². The average Bonchev–Trinajstić information content (AvgIpc) is 3.34. The maximum Gasteiger partial charge on any atom is 0.257 e. The van der Waals surface area contributed by atoms with Crippen LogP contribution in [-0.4, -0.2) is 16.1 Å². The number of anilines is 2. The van der Waals surface area contributed by atoms with Crippen LogP contribution in [0.2, 0.25) is 15.1 Å². The van der Waals surface area contributed by atoms with Crippen LogP contribution in [0.1, 0.15) is 33.0 Å². The number of alkyl halides is 2. The standard InChI is InChI=1S/C25H18Cl5FN2O2/c1-11-5-17(6-12(2)22(11)31)33-23(34)18-10-16(3-4-19(18)28)32-24(35)21-20(25(21,29)30)13-7-14(26)9-15(27)8-13/h3-10,20-21H,1-2H3,(H,32,35)(H,33,34)/t20-,21+/m0/s1. The Bertz CT molecular complexity index is 1320. The average molecular weight is 575 g/mol. The fraction of sp³-hybridized carbons (Fsp3) is 0.200. The molecule has 4 nitrogen and oxygen atoms in total. The lowest BCUT2D eigenvalue weighted by Gasteiger charge is -2.12. The Hall–Kier alpha value is -2.02. The molecule has 0 radical (unpaired) electrons. The molecule has 0 bridgehead atoms. The topological polar surface area (TPSA) is 58.2 Å². The zero-order valence-corrected chi connectivity index (χ0v) is 22.1. The van der Waals surface area contributed by atoms with Gasteiger partial charge in [-0.2, -0.15) is 0 Å². The van der Waals surface area contributed by atoms with Gasteiger partial charge >= 0.3 is 0 Å². The summed E-state index contributed by atoms with van der Waals surface area (Å²) in [5.74, 6) is -2.56. The van der Waals surface area contributed by atoms with Gasteiger partial charge in [-0.1, -0.05) is 34.8 Å². The van der Waals surface area contributed by atoms with E-state index < -0.39 is 28.0 Å². The molecule has 1 fully saturated rings. The first-order valence-electron chi connectivity index (χ1n) is 10.4. The maximum absolute atomic E-state index is 13.9. The van der Waals surface area contributed by atoms with Gasteiger partial charge in [0.05, 0.1) is 16.5 Å². The summed E-state index contributed by atoms with van der Waals surface area (Å²) in [7, 11) is 0. The van der Waals surface area contributed by atoms with Crippen molar-refractivity contribution in [1.29, 1.82) is 0 Å². The Morgan fingerprint density at radius 1 is 0.857 bits per heavy atom. The second kappa shape index (κ2) is 9.79. The molecule has 1 aliphatic rings.